The zero-order valence-electron chi connectivity index (χ0n) is 18.1. The molecule has 3 aromatic rings. The van der Waals surface area contributed by atoms with E-state index in [1.165, 1.54) is 27.8 Å². The summed E-state index contributed by atoms with van der Waals surface area (Å²) in [6.45, 7) is 6.28. The van der Waals surface area contributed by atoms with Crippen molar-refractivity contribution in [2.24, 2.45) is 0 Å². The number of hydrogen-bond donors (Lipinski definition) is 1. The Balaban J connectivity index is 1.51. The molecule has 2 heterocycles. The van der Waals surface area contributed by atoms with Crippen LogP contribution in [0.1, 0.15) is 29.8 Å². The Morgan fingerprint density at radius 1 is 1.12 bits per heavy atom. The number of carbonyl (C=O) groups excluding carboxylic acids is 1. The van der Waals surface area contributed by atoms with Crippen molar-refractivity contribution in [2.75, 3.05) is 18.4 Å². The molecule has 32 heavy (non-hydrogen) atoms. The maximum atomic E-state index is 13.1. The molecule has 1 aromatic heterocycles. The number of amides is 1. The zero-order valence-corrected chi connectivity index (χ0v) is 19.7. The SMILES string of the molecule is Cc1ccc(-c2csc(NC(=O)c3cccc(S(=O)(=O)N4C[C@@H](C)O[C@H](C)C4)c3)n2)cc1. The van der Waals surface area contributed by atoms with E-state index in [-0.39, 0.29) is 35.8 Å². The van der Waals surface area contributed by atoms with Gasteiger partial charge in [-0.3, -0.25) is 10.1 Å². The first-order valence-electron chi connectivity index (χ1n) is 10.3. The van der Waals surface area contributed by atoms with Crippen LogP contribution in [0.3, 0.4) is 0 Å². The molecule has 0 aliphatic carbocycles. The van der Waals surface area contributed by atoms with Gasteiger partial charge in [0.25, 0.3) is 5.91 Å². The smallest absolute Gasteiger partial charge is 0.257 e. The van der Waals surface area contributed by atoms with Crippen LogP contribution in [0.5, 0.6) is 0 Å². The van der Waals surface area contributed by atoms with Crippen molar-refractivity contribution in [1.29, 1.82) is 0 Å². The summed E-state index contributed by atoms with van der Waals surface area (Å²) in [5.41, 5.74) is 3.16. The lowest BCUT2D eigenvalue weighted by molar-refractivity contribution is -0.0440. The van der Waals surface area contributed by atoms with E-state index >= 15 is 0 Å². The Bertz CT molecular complexity index is 1210. The van der Waals surface area contributed by atoms with Crippen LogP contribution in [-0.2, 0) is 14.8 Å². The monoisotopic (exact) mass is 471 g/mol. The number of aryl methyl sites for hydroxylation is 1. The number of sulfonamides is 1. The standard InChI is InChI=1S/C23H25N3O4S2/c1-15-7-9-18(10-8-15)21-14-31-23(24-21)25-22(27)19-5-4-6-20(11-19)32(28,29)26-12-16(2)30-17(3)13-26/h4-11,14,16-17H,12-13H2,1-3H3,(H,24,25,27)/t16-,17-/m1/s1. The van der Waals surface area contributed by atoms with Crippen molar-refractivity contribution in [1.82, 2.24) is 9.29 Å². The molecule has 1 N–H and O–H groups in total. The van der Waals surface area contributed by atoms with Crippen LogP contribution in [0.4, 0.5) is 5.13 Å². The first-order valence-corrected chi connectivity index (χ1v) is 12.6. The molecule has 0 unspecified atom stereocenters. The van der Waals surface area contributed by atoms with Crippen molar-refractivity contribution < 1.29 is 17.9 Å². The van der Waals surface area contributed by atoms with Gasteiger partial charge in [0.05, 0.1) is 22.8 Å². The van der Waals surface area contributed by atoms with E-state index in [9.17, 15) is 13.2 Å². The minimum absolute atomic E-state index is 0.0888. The second-order valence-corrected chi connectivity index (χ2v) is 10.8. The molecule has 1 aliphatic rings. The Labute approximate surface area is 192 Å². The van der Waals surface area contributed by atoms with Gasteiger partial charge in [0, 0.05) is 29.6 Å². The number of benzene rings is 2. The number of anilines is 1. The third-order valence-electron chi connectivity index (χ3n) is 5.19. The number of carbonyl (C=O) groups is 1. The molecule has 2 atom stereocenters. The molecule has 7 nitrogen and oxygen atoms in total. The van der Waals surface area contributed by atoms with E-state index in [1.54, 1.807) is 12.1 Å². The van der Waals surface area contributed by atoms with E-state index in [0.29, 0.717) is 5.13 Å². The molecule has 0 bridgehead atoms. The van der Waals surface area contributed by atoms with Gasteiger partial charge < -0.3 is 4.74 Å². The number of hydrogen-bond acceptors (Lipinski definition) is 6. The zero-order chi connectivity index (χ0) is 22.9. The molecule has 1 saturated heterocycles. The summed E-state index contributed by atoms with van der Waals surface area (Å²) in [5, 5.41) is 5.10. The van der Waals surface area contributed by atoms with Gasteiger partial charge in [0.1, 0.15) is 0 Å². The third kappa shape index (κ3) is 4.91. The summed E-state index contributed by atoms with van der Waals surface area (Å²) in [4.78, 5) is 17.4. The van der Waals surface area contributed by atoms with E-state index < -0.39 is 15.9 Å². The van der Waals surface area contributed by atoms with Gasteiger partial charge >= 0.3 is 0 Å². The number of thiazole rings is 1. The Morgan fingerprint density at radius 2 is 1.81 bits per heavy atom. The largest absolute Gasteiger partial charge is 0.373 e. The van der Waals surface area contributed by atoms with Crippen molar-refractivity contribution in [2.45, 2.75) is 37.9 Å². The summed E-state index contributed by atoms with van der Waals surface area (Å²) < 4.78 is 33.3. The van der Waals surface area contributed by atoms with Crippen LogP contribution in [0.15, 0.2) is 58.8 Å². The number of aromatic nitrogens is 1. The highest BCUT2D eigenvalue weighted by Crippen LogP contribution is 2.26. The predicted molar refractivity (Wildman–Crippen MR) is 125 cm³/mol. The van der Waals surface area contributed by atoms with Gasteiger partial charge in [-0.2, -0.15) is 4.31 Å². The summed E-state index contributed by atoms with van der Waals surface area (Å²) in [6, 6.07) is 14.1. The molecule has 1 fully saturated rings. The lowest BCUT2D eigenvalue weighted by Crippen LogP contribution is -2.48. The minimum atomic E-state index is -3.73. The lowest BCUT2D eigenvalue weighted by Gasteiger charge is -2.34. The van der Waals surface area contributed by atoms with Gasteiger partial charge in [-0.1, -0.05) is 35.9 Å². The van der Waals surface area contributed by atoms with E-state index in [4.69, 9.17) is 4.74 Å². The molecule has 4 rings (SSSR count). The Morgan fingerprint density at radius 3 is 2.50 bits per heavy atom. The molecular formula is C23H25N3O4S2. The summed E-state index contributed by atoms with van der Waals surface area (Å²) in [5.74, 6) is -0.407. The first kappa shape index (κ1) is 22.6. The summed E-state index contributed by atoms with van der Waals surface area (Å²) >= 11 is 1.32. The Hall–Kier alpha value is -2.59. The fourth-order valence-electron chi connectivity index (χ4n) is 3.63. The second-order valence-electron chi connectivity index (χ2n) is 7.97. The average Bonchev–Trinajstić information content (AvgIpc) is 3.22. The molecule has 168 valence electrons. The summed E-state index contributed by atoms with van der Waals surface area (Å²) in [6.07, 6.45) is -0.375. The fourth-order valence-corrected chi connectivity index (χ4v) is 5.98. The van der Waals surface area contributed by atoms with E-state index in [0.717, 1.165) is 16.8 Å². The third-order valence-corrected chi connectivity index (χ3v) is 7.78. The number of rotatable bonds is 5. The number of ether oxygens (including phenoxy) is 1. The molecular weight excluding hydrogens is 446 g/mol. The molecule has 2 aromatic carbocycles. The molecule has 1 aliphatic heterocycles. The number of nitrogens with one attached hydrogen (secondary N) is 1. The van der Waals surface area contributed by atoms with Crippen LogP contribution in [-0.4, -0.2) is 48.9 Å². The highest BCUT2D eigenvalue weighted by atomic mass is 32.2. The van der Waals surface area contributed by atoms with Crippen LogP contribution in [0.25, 0.3) is 11.3 Å². The quantitative estimate of drug-likeness (QED) is 0.603. The molecule has 1 amide bonds. The van der Waals surface area contributed by atoms with Gasteiger partial charge in [-0.25, -0.2) is 13.4 Å². The molecule has 0 spiro atoms. The maximum absolute atomic E-state index is 13.1. The van der Waals surface area contributed by atoms with Crippen molar-refractivity contribution in [3.8, 4) is 11.3 Å². The topological polar surface area (TPSA) is 88.6 Å². The normalized spacial score (nSPS) is 19.6. The Kier molecular flexibility index (Phi) is 6.43. The van der Waals surface area contributed by atoms with E-state index in [1.807, 2.05) is 50.4 Å². The van der Waals surface area contributed by atoms with Gasteiger partial charge in [0.15, 0.2) is 5.13 Å². The second kappa shape index (κ2) is 9.11. The minimum Gasteiger partial charge on any atom is -0.373 e. The van der Waals surface area contributed by atoms with Crippen LogP contribution in [0, 0.1) is 6.92 Å². The number of nitrogens with zero attached hydrogens (tertiary/aromatic N) is 2. The van der Waals surface area contributed by atoms with Crippen molar-refractivity contribution >= 4 is 32.4 Å². The fraction of sp³-hybridized carbons (Fsp3) is 0.304. The average molecular weight is 472 g/mol. The van der Waals surface area contributed by atoms with Crippen LogP contribution >= 0.6 is 11.3 Å². The maximum Gasteiger partial charge on any atom is 0.257 e. The molecule has 9 heteroatoms. The van der Waals surface area contributed by atoms with Crippen LogP contribution < -0.4 is 5.32 Å². The summed E-state index contributed by atoms with van der Waals surface area (Å²) in [7, 11) is -3.73. The van der Waals surface area contributed by atoms with E-state index in [2.05, 4.69) is 10.3 Å². The highest BCUT2D eigenvalue weighted by molar-refractivity contribution is 7.89. The lowest BCUT2D eigenvalue weighted by atomic mass is 10.1. The van der Waals surface area contributed by atoms with Crippen molar-refractivity contribution in [3.05, 3.63) is 65.0 Å². The van der Waals surface area contributed by atoms with Gasteiger partial charge in [0.2, 0.25) is 10.0 Å². The predicted octanol–water partition coefficient (Wildman–Crippen LogP) is 4.17. The van der Waals surface area contributed by atoms with Gasteiger partial charge in [-0.05, 0) is 39.0 Å². The van der Waals surface area contributed by atoms with Crippen LogP contribution in [0.2, 0.25) is 0 Å². The first-order chi connectivity index (χ1) is 15.2. The van der Waals surface area contributed by atoms with Crippen molar-refractivity contribution in [3.63, 3.8) is 0 Å². The molecule has 0 saturated carbocycles. The molecule has 0 radical (unpaired) electrons. The number of morpholine rings is 1. The van der Waals surface area contributed by atoms with Gasteiger partial charge in [-0.15, -0.1) is 11.3 Å². The highest BCUT2D eigenvalue weighted by Gasteiger charge is 2.32.